The van der Waals surface area contributed by atoms with E-state index in [0.29, 0.717) is 6.54 Å². The summed E-state index contributed by atoms with van der Waals surface area (Å²) in [6, 6.07) is 16.9. The minimum absolute atomic E-state index is 0.00469. The largest absolute Gasteiger partial charge is 0.465 e. The van der Waals surface area contributed by atoms with Crippen LogP contribution in [-0.2, 0) is 14.3 Å². The van der Waals surface area contributed by atoms with Gasteiger partial charge in [-0.15, -0.1) is 0 Å². The van der Waals surface area contributed by atoms with E-state index in [9.17, 15) is 24.3 Å². The Bertz CT molecular complexity index is 2240. The van der Waals surface area contributed by atoms with Crippen LogP contribution in [0.4, 0.5) is 9.59 Å². The number of hydrogen-bond donors (Lipinski definition) is 6. The Hall–Kier alpha value is -5.92. The number of methoxy groups -OCH3 is 1. The van der Waals surface area contributed by atoms with E-state index >= 15 is 0 Å². The molecule has 2 aromatic heterocycles. The highest BCUT2D eigenvalue weighted by Gasteiger charge is 2.38. The van der Waals surface area contributed by atoms with Gasteiger partial charge in [0, 0.05) is 23.9 Å². The molecule has 7 rings (SSSR count). The summed E-state index contributed by atoms with van der Waals surface area (Å²) >= 11 is 0. The molecule has 14 nitrogen and oxygen atoms in total. The number of alkyl carbamates (subject to hydrolysis) is 1. The van der Waals surface area contributed by atoms with E-state index in [1.54, 1.807) is 6.20 Å². The first kappa shape index (κ1) is 38.4. The van der Waals surface area contributed by atoms with Crippen molar-refractivity contribution in [3.63, 3.8) is 0 Å². The molecule has 0 spiro atoms. The molecule has 0 bridgehead atoms. The van der Waals surface area contributed by atoms with E-state index in [1.807, 2.05) is 38.7 Å². The van der Waals surface area contributed by atoms with Crippen LogP contribution in [0.15, 0.2) is 60.8 Å². The molecule has 3 aromatic carbocycles. The normalized spacial score (nSPS) is 19.4. The highest BCUT2D eigenvalue weighted by Crippen LogP contribution is 2.37. The number of ether oxygens (including phenoxy) is 1. The summed E-state index contributed by atoms with van der Waals surface area (Å²) < 4.78 is 4.76. The molecule has 5 aromatic rings. The Balaban J connectivity index is 1.05. The molecule has 2 aliphatic rings. The third kappa shape index (κ3) is 7.77. The number of imidazole rings is 2. The SMILES string of the molecule is COC(=O)N[C@H](C(=O)N1CCC[C@H]1c1ncc(-c2ccc(-c3ccc4c(ccc5nc([C@@H]6CCC[C@@H]6NC(=O)[C@@H](NC(=O)O)C(C)C)[nH]c54)c3)cc2)[nH]1)C(C)C. The Morgan fingerprint density at radius 2 is 1.57 bits per heavy atom. The molecule has 4 amide bonds. The first-order chi connectivity index (χ1) is 26.9. The van der Waals surface area contributed by atoms with Gasteiger partial charge in [0.1, 0.15) is 23.7 Å². The molecule has 1 saturated carbocycles. The lowest BCUT2D eigenvalue weighted by Crippen LogP contribution is -2.52. The number of nitrogens with one attached hydrogen (secondary N) is 5. The van der Waals surface area contributed by atoms with Crippen LogP contribution in [0.2, 0.25) is 0 Å². The Kier molecular flexibility index (Phi) is 11.0. The van der Waals surface area contributed by atoms with Gasteiger partial charge < -0.3 is 40.7 Å². The van der Waals surface area contributed by atoms with Gasteiger partial charge in [-0.1, -0.05) is 76.6 Å². The number of amides is 4. The molecule has 3 heterocycles. The lowest BCUT2D eigenvalue weighted by Gasteiger charge is -2.30. The molecule has 14 heteroatoms. The summed E-state index contributed by atoms with van der Waals surface area (Å²) in [5.74, 6) is 0.792. The smallest absolute Gasteiger partial charge is 0.407 e. The van der Waals surface area contributed by atoms with E-state index in [4.69, 9.17) is 9.72 Å². The van der Waals surface area contributed by atoms with Gasteiger partial charge in [-0.05, 0) is 71.7 Å². The summed E-state index contributed by atoms with van der Waals surface area (Å²) in [6.07, 6.45) is 4.19. The molecular formula is C42H50N8O6. The Morgan fingerprint density at radius 1 is 0.839 bits per heavy atom. The van der Waals surface area contributed by atoms with E-state index in [1.165, 1.54) is 7.11 Å². The lowest BCUT2D eigenvalue weighted by atomic mass is 9.99. The zero-order valence-electron chi connectivity index (χ0n) is 32.4. The van der Waals surface area contributed by atoms with Crippen LogP contribution in [0.5, 0.6) is 0 Å². The van der Waals surface area contributed by atoms with E-state index in [2.05, 4.69) is 79.4 Å². The van der Waals surface area contributed by atoms with Gasteiger partial charge in [0.25, 0.3) is 0 Å². The molecule has 0 unspecified atom stereocenters. The third-order valence-corrected chi connectivity index (χ3v) is 11.3. The van der Waals surface area contributed by atoms with Gasteiger partial charge >= 0.3 is 12.2 Å². The van der Waals surface area contributed by atoms with Crippen LogP contribution in [0.1, 0.15) is 83.4 Å². The Labute approximate surface area is 325 Å². The van der Waals surface area contributed by atoms with Crippen LogP contribution in [0.3, 0.4) is 0 Å². The maximum Gasteiger partial charge on any atom is 0.407 e. The predicted octanol–water partition coefficient (Wildman–Crippen LogP) is 6.86. The number of H-pyrrole nitrogens is 2. The minimum Gasteiger partial charge on any atom is -0.465 e. The summed E-state index contributed by atoms with van der Waals surface area (Å²) in [4.78, 5) is 68.4. The second-order valence-electron chi connectivity index (χ2n) is 15.6. The van der Waals surface area contributed by atoms with Crippen molar-refractivity contribution in [2.75, 3.05) is 13.7 Å². The fraction of sp³-hybridized carbons (Fsp3) is 0.429. The molecule has 294 valence electrons. The number of fused-ring (bicyclic) bond motifs is 3. The summed E-state index contributed by atoms with van der Waals surface area (Å²) in [5, 5.41) is 19.5. The van der Waals surface area contributed by atoms with Crippen LogP contribution in [0, 0.1) is 11.8 Å². The molecule has 1 saturated heterocycles. The van der Waals surface area contributed by atoms with E-state index < -0.39 is 24.3 Å². The monoisotopic (exact) mass is 762 g/mol. The first-order valence-electron chi connectivity index (χ1n) is 19.4. The number of likely N-dealkylation sites (tertiary alicyclic amines) is 1. The maximum atomic E-state index is 13.6. The van der Waals surface area contributed by atoms with E-state index in [0.717, 1.165) is 87.9 Å². The van der Waals surface area contributed by atoms with Gasteiger partial charge in [-0.25, -0.2) is 19.6 Å². The summed E-state index contributed by atoms with van der Waals surface area (Å²) in [5.41, 5.74) is 5.77. The molecule has 56 heavy (non-hydrogen) atoms. The standard InChI is InChI=1S/C42H50N8O6/c1-22(2)34(48-41(53)54)39(51)46-30-9-6-8-29(30)37-44-31-18-16-27-20-26(15-17-28(27)36(31)47-37)24-11-13-25(14-12-24)32-21-43-38(45-32)33-10-7-19-50(33)40(52)35(23(3)4)49-42(55)56-5/h11-18,20-23,29-30,33-35,48H,6-10,19H2,1-5H3,(H,43,45)(H,44,47)(H,46,51)(H,49,55)(H,53,54)/t29-,30+,33+,34+,35+/m1/s1. The second kappa shape index (κ2) is 16.0. The van der Waals surface area contributed by atoms with Crippen LogP contribution in [0.25, 0.3) is 44.2 Å². The van der Waals surface area contributed by atoms with Crippen LogP contribution >= 0.6 is 0 Å². The van der Waals surface area contributed by atoms with Crippen molar-refractivity contribution in [2.24, 2.45) is 11.8 Å². The first-order valence-corrected chi connectivity index (χ1v) is 19.4. The van der Waals surface area contributed by atoms with Crippen molar-refractivity contribution in [3.8, 4) is 22.4 Å². The molecule has 1 aliphatic carbocycles. The number of nitrogens with zero attached hydrogens (tertiary/aromatic N) is 3. The van der Waals surface area contributed by atoms with Crippen LogP contribution < -0.4 is 16.0 Å². The van der Waals surface area contributed by atoms with Crippen molar-refractivity contribution in [3.05, 3.63) is 72.4 Å². The lowest BCUT2D eigenvalue weighted by molar-refractivity contribution is -0.135. The number of hydrogen-bond acceptors (Lipinski definition) is 7. The van der Waals surface area contributed by atoms with Crippen molar-refractivity contribution >= 4 is 45.8 Å². The van der Waals surface area contributed by atoms with Gasteiger partial charge in [0.05, 0.1) is 36.1 Å². The van der Waals surface area contributed by atoms with Crippen molar-refractivity contribution in [1.29, 1.82) is 0 Å². The highest BCUT2D eigenvalue weighted by molar-refractivity contribution is 6.05. The van der Waals surface area contributed by atoms with Gasteiger partial charge in [-0.3, -0.25) is 9.59 Å². The average Bonchev–Trinajstić information content (AvgIpc) is 4.01. The number of carbonyl (C=O) groups is 4. The fourth-order valence-electron chi connectivity index (χ4n) is 8.27. The summed E-state index contributed by atoms with van der Waals surface area (Å²) in [7, 11) is 1.29. The average molecular weight is 763 g/mol. The van der Waals surface area contributed by atoms with Crippen molar-refractivity contribution in [1.82, 2.24) is 40.8 Å². The minimum atomic E-state index is -1.22. The second-order valence-corrected chi connectivity index (χ2v) is 15.6. The molecule has 6 N–H and O–H groups in total. The maximum absolute atomic E-state index is 13.6. The fourth-order valence-corrected chi connectivity index (χ4v) is 8.27. The number of carbonyl (C=O) groups excluding carboxylic acids is 3. The zero-order valence-corrected chi connectivity index (χ0v) is 32.4. The Morgan fingerprint density at radius 3 is 2.29 bits per heavy atom. The quantitative estimate of drug-likeness (QED) is 0.0840. The predicted molar refractivity (Wildman–Crippen MR) is 213 cm³/mol. The number of benzene rings is 3. The van der Waals surface area contributed by atoms with Gasteiger partial charge in [0.15, 0.2) is 0 Å². The molecular weight excluding hydrogens is 713 g/mol. The molecule has 5 atom stereocenters. The molecule has 0 radical (unpaired) electrons. The topological polar surface area (TPSA) is 194 Å². The molecule has 1 aliphatic heterocycles. The number of aromatic amines is 2. The molecule has 2 fully saturated rings. The van der Waals surface area contributed by atoms with Crippen molar-refractivity contribution < 1.29 is 29.0 Å². The van der Waals surface area contributed by atoms with E-state index in [-0.39, 0.29) is 41.7 Å². The zero-order chi connectivity index (χ0) is 39.7. The van der Waals surface area contributed by atoms with Gasteiger partial charge in [0.2, 0.25) is 11.8 Å². The summed E-state index contributed by atoms with van der Waals surface area (Å²) in [6.45, 7) is 8.04. The highest BCUT2D eigenvalue weighted by atomic mass is 16.5. The number of rotatable bonds is 11. The van der Waals surface area contributed by atoms with Crippen molar-refractivity contribution in [2.45, 2.75) is 89.9 Å². The third-order valence-electron chi connectivity index (χ3n) is 11.3. The van der Waals surface area contributed by atoms with Crippen LogP contribution in [-0.4, -0.2) is 85.7 Å². The number of aromatic nitrogens is 4. The number of carboxylic acid groups (broad SMARTS) is 1. The van der Waals surface area contributed by atoms with Gasteiger partial charge in [-0.2, -0.15) is 0 Å².